The van der Waals surface area contributed by atoms with Crippen molar-refractivity contribution in [1.29, 1.82) is 0 Å². The first-order valence-corrected chi connectivity index (χ1v) is 12.6. The number of nitrogens with one attached hydrogen (secondary N) is 1. The number of thioether (sulfide) groups is 1. The minimum absolute atomic E-state index is 0.118. The van der Waals surface area contributed by atoms with Crippen LogP contribution in [0.25, 0.3) is 5.69 Å². The van der Waals surface area contributed by atoms with Gasteiger partial charge in [-0.2, -0.15) is 5.10 Å². The average Bonchev–Trinajstić information content (AvgIpc) is 2.95. The number of aryl methyl sites for hydroxylation is 2. The molecular weight excluding hydrogens is 538 g/mol. The molecule has 3 rings (SSSR count). The molecular formula is C24H25Br2N3OS. The second kappa shape index (κ2) is 10.7. The SMILES string of the molecule is Cc1ccc(-n2c(C)c(Br)c(/C=N\NC(=O)CSCc3ccccc3Br)c2C)cc1C. The summed E-state index contributed by atoms with van der Waals surface area (Å²) < 4.78 is 4.24. The molecule has 0 unspecified atom stereocenters. The van der Waals surface area contributed by atoms with Gasteiger partial charge in [-0.15, -0.1) is 11.8 Å². The van der Waals surface area contributed by atoms with Crippen molar-refractivity contribution in [2.24, 2.45) is 5.10 Å². The van der Waals surface area contributed by atoms with E-state index in [1.807, 2.05) is 18.2 Å². The van der Waals surface area contributed by atoms with Crippen LogP contribution in [0.1, 0.15) is 33.6 Å². The van der Waals surface area contributed by atoms with Crippen molar-refractivity contribution in [3.63, 3.8) is 0 Å². The molecule has 1 aromatic heterocycles. The van der Waals surface area contributed by atoms with E-state index < -0.39 is 0 Å². The maximum absolute atomic E-state index is 12.2. The fraction of sp³-hybridized carbons (Fsp3) is 0.250. The van der Waals surface area contributed by atoms with Crippen LogP contribution in [0.15, 0.2) is 56.5 Å². The van der Waals surface area contributed by atoms with Gasteiger partial charge in [-0.1, -0.05) is 40.2 Å². The van der Waals surface area contributed by atoms with E-state index >= 15 is 0 Å². The fourth-order valence-electron chi connectivity index (χ4n) is 3.30. The number of carbonyl (C=O) groups is 1. The zero-order chi connectivity index (χ0) is 22.5. The summed E-state index contributed by atoms with van der Waals surface area (Å²) in [6, 6.07) is 14.5. The Labute approximate surface area is 204 Å². The van der Waals surface area contributed by atoms with E-state index in [-0.39, 0.29) is 5.91 Å². The zero-order valence-corrected chi connectivity index (χ0v) is 22.0. The van der Waals surface area contributed by atoms with Gasteiger partial charge in [0, 0.05) is 37.3 Å². The van der Waals surface area contributed by atoms with Gasteiger partial charge in [0.15, 0.2) is 0 Å². The molecule has 0 spiro atoms. The Morgan fingerprint density at radius 1 is 1.06 bits per heavy atom. The summed E-state index contributed by atoms with van der Waals surface area (Å²) in [5.74, 6) is 0.996. The third kappa shape index (κ3) is 5.70. The van der Waals surface area contributed by atoms with Crippen molar-refractivity contribution in [2.45, 2.75) is 33.4 Å². The molecule has 0 saturated heterocycles. The molecule has 31 heavy (non-hydrogen) atoms. The fourth-order valence-corrected chi connectivity index (χ4v) is 5.30. The first kappa shape index (κ1) is 23.8. The highest BCUT2D eigenvalue weighted by Gasteiger charge is 2.16. The molecule has 3 aromatic rings. The van der Waals surface area contributed by atoms with Crippen LogP contribution in [0.3, 0.4) is 0 Å². The monoisotopic (exact) mass is 561 g/mol. The van der Waals surface area contributed by atoms with Gasteiger partial charge in [0.25, 0.3) is 0 Å². The minimum Gasteiger partial charge on any atom is -0.317 e. The molecule has 0 fully saturated rings. The smallest absolute Gasteiger partial charge is 0.250 e. The number of halogens is 2. The molecule has 0 saturated carbocycles. The molecule has 1 amide bonds. The number of amides is 1. The summed E-state index contributed by atoms with van der Waals surface area (Å²) in [5, 5.41) is 4.20. The number of aromatic nitrogens is 1. The van der Waals surface area contributed by atoms with Crippen molar-refractivity contribution in [3.8, 4) is 5.69 Å². The number of rotatable bonds is 7. The number of nitrogens with zero attached hydrogens (tertiary/aromatic N) is 2. The third-order valence-electron chi connectivity index (χ3n) is 5.19. The number of hydrogen-bond acceptors (Lipinski definition) is 3. The van der Waals surface area contributed by atoms with Gasteiger partial charge in [0.2, 0.25) is 5.91 Å². The van der Waals surface area contributed by atoms with Crippen LogP contribution >= 0.6 is 43.6 Å². The minimum atomic E-state index is -0.118. The molecule has 0 atom stereocenters. The Morgan fingerprint density at radius 2 is 1.81 bits per heavy atom. The van der Waals surface area contributed by atoms with E-state index in [1.54, 1.807) is 18.0 Å². The van der Waals surface area contributed by atoms with Crippen LogP contribution in [-0.2, 0) is 10.5 Å². The lowest BCUT2D eigenvalue weighted by Crippen LogP contribution is -2.19. The van der Waals surface area contributed by atoms with Gasteiger partial charge < -0.3 is 4.57 Å². The first-order chi connectivity index (χ1) is 14.8. The van der Waals surface area contributed by atoms with Crippen molar-refractivity contribution in [3.05, 3.63) is 85.1 Å². The van der Waals surface area contributed by atoms with E-state index in [4.69, 9.17) is 0 Å². The number of benzene rings is 2. The number of carbonyl (C=O) groups excluding carboxylic acids is 1. The third-order valence-corrected chi connectivity index (χ3v) is 7.95. The highest BCUT2D eigenvalue weighted by Crippen LogP contribution is 2.30. The van der Waals surface area contributed by atoms with Gasteiger partial charge >= 0.3 is 0 Å². The first-order valence-electron chi connectivity index (χ1n) is 9.87. The van der Waals surface area contributed by atoms with Crippen LogP contribution < -0.4 is 5.43 Å². The van der Waals surface area contributed by atoms with Gasteiger partial charge in [0.1, 0.15) is 0 Å². The lowest BCUT2D eigenvalue weighted by atomic mass is 10.1. The van der Waals surface area contributed by atoms with Crippen LogP contribution in [-0.4, -0.2) is 22.4 Å². The number of hydrogen-bond donors (Lipinski definition) is 1. The largest absolute Gasteiger partial charge is 0.317 e. The second-order valence-electron chi connectivity index (χ2n) is 7.38. The van der Waals surface area contributed by atoms with Gasteiger partial charge in [0.05, 0.1) is 12.0 Å². The van der Waals surface area contributed by atoms with Crippen molar-refractivity contribution < 1.29 is 4.79 Å². The molecule has 0 aliphatic carbocycles. The van der Waals surface area contributed by atoms with E-state index in [0.29, 0.717) is 5.75 Å². The molecule has 0 aliphatic heterocycles. The Morgan fingerprint density at radius 3 is 2.52 bits per heavy atom. The predicted molar refractivity (Wildman–Crippen MR) is 138 cm³/mol. The van der Waals surface area contributed by atoms with E-state index in [1.165, 1.54) is 16.7 Å². The summed E-state index contributed by atoms with van der Waals surface area (Å²) in [7, 11) is 0. The van der Waals surface area contributed by atoms with Crippen LogP contribution in [0.2, 0.25) is 0 Å². The summed E-state index contributed by atoms with van der Waals surface area (Å²) in [5.41, 5.74) is 10.6. The standard InChI is InChI=1S/C24H25Br2N3OS/c1-15-9-10-20(11-16(15)2)29-17(3)21(24(26)18(29)4)12-27-28-23(30)14-31-13-19-7-5-6-8-22(19)25/h5-12H,13-14H2,1-4H3,(H,28,30)/b27-12-. The molecule has 1 N–H and O–H groups in total. The Hall–Kier alpha value is -1.83. The van der Waals surface area contributed by atoms with Crippen molar-refractivity contribution in [2.75, 3.05) is 5.75 Å². The van der Waals surface area contributed by atoms with E-state index in [2.05, 4.69) is 98.9 Å². The van der Waals surface area contributed by atoms with Crippen molar-refractivity contribution >= 4 is 55.7 Å². The average molecular weight is 563 g/mol. The van der Waals surface area contributed by atoms with Crippen LogP contribution in [0.4, 0.5) is 0 Å². The molecule has 0 aliphatic rings. The molecule has 0 bridgehead atoms. The highest BCUT2D eigenvalue weighted by molar-refractivity contribution is 9.10. The quantitative estimate of drug-likeness (QED) is 0.260. The Bertz CT molecular complexity index is 1140. The summed E-state index contributed by atoms with van der Waals surface area (Å²) >= 11 is 8.78. The van der Waals surface area contributed by atoms with Gasteiger partial charge in [-0.25, -0.2) is 5.43 Å². The topological polar surface area (TPSA) is 46.4 Å². The molecule has 4 nitrogen and oxygen atoms in total. The van der Waals surface area contributed by atoms with Gasteiger partial charge in [-0.05, 0) is 78.5 Å². The maximum Gasteiger partial charge on any atom is 0.250 e. The summed E-state index contributed by atoms with van der Waals surface area (Å²) in [4.78, 5) is 12.2. The molecule has 1 heterocycles. The Kier molecular flexibility index (Phi) is 8.19. The summed E-state index contributed by atoms with van der Waals surface area (Å²) in [6.07, 6.45) is 1.71. The van der Waals surface area contributed by atoms with Crippen molar-refractivity contribution in [1.82, 2.24) is 9.99 Å². The molecule has 2 aromatic carbocycles. The highest BCUT2D eigenvalue weighted by atomic mass is 79.9. The van der Waals surface area contributed by atoms with Crippen LogP contribution in [0.5, 0.6) is 0 Å². The lowest BCUT2D eigenvalue weighted by Gasteiger charge is -2.11. The van der Waals surface area contributed by atoms with E-state index in [9.17, 15) is 4.79 Å². The molecule has 162 valence electrons. The predicted octanol–water partition coefficient (Wildman–Crippen LogP) is 6.62. The molecule has 7 heteroatoms. The normalized spacial score (nSPS) is 11.3. The maximum atomic E-state index is 12.2. The van der Waals surface area contributed by atoms with Gasteiger partial charge in [-0.3, -0.25) is 4.79 Å². The zero-order valence-electron chi connectivity index (χ0n) is 18.0. The second-order valence-corrected chi connectivity index (χ2v) is 10.0. The van der Waals surface area contributed by atoms with E-state index in [0.717, 1.165) is 37.3 Å². The lowest BCUT2D eigenvalue weighted by molar-refractivity contribution is -0.118. The summed E-state index contributed by atoms with van der Waals surface area (Å²) in [6.45, 7) is 8.36. The number of hydrazone groups is 1. The molecule has 0 radical (unpaired) electrons. The Balaban J connectivity index is 1.65. The van der Waals surface area contributed by atoms with Crippen LogP contribution in [0, 0.1) is 27.7 Å².